The maximum absolute atomic E-state index is 12.7. The van der Waals surface area contributed by atoms with Crippen molar-refractivity contribution in [1.82, 2.24) is 9.97 Å². The molecule has 4 nitrogen and oxygen atoms in total. The Balaban J connectivity index is 2.85. The molecule has 1 unspecified atom stereocenters. The molecule has 0 saturated carbocycles. The van der Waals surface area contributed by atoms with Gasteiger partial charge in [0.25, 0.3) is 0 Å². The van der Waals surface area contributed by atoms with E-state index in [0.717, 1.165) is 0 Å². The summed E-state index contributed by atoms with van der Waals surface area (Å²) >= 11 is 0. The van der Waals surface area contributed by atoms with Crippen molar-refractivity contribution in [2.24, 2.45) is 0 Å². The van der Waals surface area contributed by atoms with Crippen LogP contribution in [0.5, 0.6) is 5.88 Å². The number of halogens is 2. The van der Waals surface area contributed by atoms with E-state index in [9.17, 15) is 8.78 Å². The van der Waals surface area contributed by atoms with Crippen LogP contribution in [0.15, 0.2) is 6.20 Å². The van der Waals surface area contributed by atoms with Crippen LogP contribution in [0.1, 0.15) is 5.56 Å². The summed E-state index contributed by atoms with van der Waals surface area (Å²) in [4.78, 5) is 7.41. The highest BCUT2D eigenvalue weighted by molar-refractivity contribution is 5.30. The maximum atomic E-state index is 12.7. The molecule has 2 N–H and O–H groups in total. The van der Waals surface area contributed by atoms with Gasteiger partial charge in [-0.05, 0) is 0 Å². The van der Waals surface area contributed by atoms with Gasteiger partial charge < -0.3 is 10.5 Å². The minimum Gasteiger partial charge on any atom is -0.481 e. The number of aromatic nitrogens is 2. The minimum atomic E-state index is -1.56. The van der Waals surface area contributed by atoms with E-state index < -0.39 is 12.8 Å². The van der Waals surface area contributed by atoms with Gasteiger partial charge in [0.1, 0.15) is 12.8 Å². The summed E-state index contributed by atoms with van der Waals surface area (Å²) in [5, 5.41) is 0. The molecular weight excluding hydrogens is 192 g/mol. The summed E-state index contributed by atoms with van der Waals surface area (Å²) in [6.07, 6.45) is -0.334. The average Bonchev–Trinajstić information content (AvgIpc) is 2.20. The predicted octanol–water partition coefficient (Wildman–Crippen LogP) is 0.917. The van der Waals surface area contributed by atoms with Crippen LogP contribution in [0.4, 0.5) is 14.7 Å². The lowest BCUT2D eigenvalue weighted by molar-refractivity contribution is 0.256. The molecule has 1 aromatic heterocycles. The normalized spacial score (nSPS) is 12.5. The highest BCUT2D eigenvalue weighted by Gasteiger charge is 2.13. The van der Waals surface area contributed by atoms with Crippen molar-refractivity contribution in [3.05, 3.63) is 11.8 Å². The number of hydrogen-bond donors (Lipinski definition) is 1. The molecule has 0 radical (unpaired) electrons. The molecule has 0 saturated heterocycles. The van der Waals surface area contributed by atoms with Gasteiger partial charge >= 0.3 is 0 Å². The Labute approximate surface area is 80.1 Å². The van der Waals surface area contributed by atoms with E-state index in [1.165, 1.54) is 13.3 Å². The molecule has 0 amide bonds. The zero-order valence-electron chi connectivity index (χ0n) is 7.70. The van der Waals surface area contributed by atoms with Crippen LogP contribution in [0.2, 0.25) is 0 Å². The fourth-order valence-corrected chi connectivity index (χ4v) is 1.01. The van der Waals surface area contributed by atoms with Gasteiger partial charge in [-0.1, -0.05) is 0 Å². The molecule has 0 aliphatic heterocycles. The Hall–Kier alpha value is -1.46. The topological polar surface area (TPSA) is 61.0 Å². The Morgan fingerprint density at radius 1 is 1.64 bits per heavy atom. The van der Waals surface area contributed by atoms with E-state index in [1.54, 1.807) is 0 Å². The number of anilines is 1. The monoisotopic (exact) mass is 203 g/mol. The fraction of sp³-hybridized carbons (Fsp3) is 0.500. The van der Waals surface area contributed by atoms with Gasteiger partial charge in [-0.2, -0.15) is 4.98 Å². The van der Waals surface area contributed by atoms with E-state index in [0.29, 0.717) is 5.56 Å². The first kappa shape index (κ1) is 10.6. The second-order valence-electron chi connectivity index (χ2n) is 2.72. The van der Waals surface area contributed by atoms with E-state index in [2.05, 4.69) is 9.97 Å². The Bertz CT molecular complexity index is 309. The van der Waals surface area contributed by atoms with E-state index >= 15 is 0 Å². The number of rotatable bonds is 4. The van der Waals surface area contributed by atoms with Crippen molar-refractivity contribution in [2.75, 3.05) is 19.5 Å². The zero-order chi connectivity index (χ0) is 10.6. The van der Waals surface area contributed by atoms with Gasteiger partial charge in [0, 0.05) is 18.2 Å². The highest BCUT2D eigenvalue weighted by Crippen LogP contribution is 2.17. The van der Waals surface area contributed by atoms with E-state index in [1.807, 2.05) is 0 Å². The number of alkyl halides is 2. The van der Waals surface area contributed by atoms with Crippen molar-refractivity contribution in [3.63, 3.8) is 0 Å². The zero-order valence-corrected chi connectivity index (χ0v) is 7.70. The van der Waals surface area contributed by atoms with E-state index in [4.69, 9.17) is 10.5 Å². The van der Waals surface area contributed by atoms with Crippen LogP contribution in [0.25, 0.3) is 0 Å². The van der Waals surface area contributed by atoms with Crippen molar-refractivity contribution < 1.29 is 13.5 Å². The highest BCUT2D eigenvalue weighted by atomic mass is 19.2. The van der Waals surface area contributed by atoms with Crippen molar-refractivity contribution in [2.45, 2.75) is 12.6 Å². The van der Waals surface area contributed by atoms with Gasteiger partial charge in [0.05, 0.1) is 7.11 Å². The lowest BCUT2D eigenvalue weighted by Crippen LogP contribution is -2.10. The molecule has 0 aliphatic rings. The lowest BCUT2D eigenvalue weighted by Gasteiger charge is -2.08. The van der Waals surface area contributed by atoms with Crippen molar-refractivity contribution in [3.8, 4) is 5.88 Å². The van der Waals surface area contributed by atoms with Crippen LogP contribution < -0.4 is 10.5 Å². The second kappa shape index (κ2) is 4.69. The number of hydrogen-bond acceptors (Lipinski definition) is 4. The van der Waals surface area contributed by atoms with E-state index in [-0.39, 0.29) is 18.2 Å². The molecule has 0 fully saturated rings. The van der Waals surface area contributed by atoms with Crippen molar-refractivity contribution >= 4 is 5.95 Å². The van der Waals surface area contributed by atoms with Gasteiger partial charge in [0.2, 0.25) is 11.8 Å². The molecule has 0 spiro atoms. The molecule has 1 atom stereocenters. The molecule has 0 aliphatic carbocycles. The minimum absolute atomic E-state index is 0.0428. The van der Waals surface area contributed by atoms with Gasteiger partial charge in [0.15, 0.2) is 0 Å². The molecule has 6 heteroatoms. The Morgan fingerprint density at radius 2 is 2.36 bits per heavy atom. The summed E-state index contributed by atoms with van der Waals surface area (Å²) in [6.45, 7) is -1.03. The summed E-state index contributed by atoms with van der Waals surface area (Å²) in [5.41, 5.74) is 5.71. The first-order valence-corrected chi connectivity index (χ1v) is 4.02. The fourth-order valence-electron chi connectivity index (χ4n) is 1.01. The summed E-state index contributed by atoms with van der Waals surface area (Å²) in [5.74, 6) is 0.231. The number of nitrogen functional groups attached to an aromatic ring is 1. The van der Waals surface area contributed by atoms with Crippen LogP contribution in [-0.2, 0) is 6.42 Å². The first-order valence-electron chi connectivity index (χ1n) is 4.02. The smallest absolute Gasteiger partial charge is 0.223 e. The lowest BCUT2D eigenvalue weighted by atomic mass is 10.2. The SMILES string of the molecule is COc1nc(N)ncc1CC(F)CF. The average molecular weight is 203 g/mol. The number of nitrogens with two attached hydrogens (primary N) is 1. The summed E-state index contributed by atoms with van der Waals surface area (Å²) < 4.78 is 29.5. The molecule has 1 heterocycles. The molecule has 1 rings (SSSR count). The maximum Gasteiger partial charge on any atom is 0.223 e. The molecule has 14 heavy (non-hydrogen) atoms. The molecule has 1 aromatic rings. The molecule has 0 aromatic carbocycles. The van der Waals surface area contributed by atoms with Gasteiger partial charge in [-0.25, -0.2) is 13.8 Å². The number of nitrogens with zero attached hydrogens (tertiary/aromatic N) is 2. The quantitative estimate of drug-likeness (QED) is 0.790. The third-order valence-electron chi connectivity index (χ3n) is 1.65. The van der Waals surface area contributed by atoms with Crippen LogP contribution in [-0.4, -0.2) is 29.9 Å². The van der Waals surface area contributed by atoms with Crippen LogP contribution in [0.3, 0.4) is 0 Å². The summed E-state index contributed by atoms with van der Waals surface area (Å²) in [6, 6.07) is 0. The first-order chi connectivity index (χ1) is 6.67. The number of methoxy groups -OCH3 is 1. The van der Waals surface area contributed by atoms with Gasteiger partial charge in [-0.3, -0.25) is 0 Å². The van der Waals surface area contributed by atoms with Gasteiger partial charge in [-0.15, -0.1) is 0 Å². The third-order valence-corrected chi connectivity index (χ3v) is 1.65. The van der Waals surface area contributed by atoms with Crippen molar-refractivity contribution in [1.29, 1.82) is 0 Å². The summed E-state index contributed by atoms with van der Waals surface area (Å²) in [7, 11) is 1.38. The molecular formula is C8H11F2N3O. The predicted molar refractivity (Wildman–Crippen MR) is 47.6 cm³/mol. The van der Waals surface area contributed by atoms with Crippen LogP contribution >= 0.6 is 0 Å². The van der Waals surface area contributed by atoms with Crippen LogP contribution in [0, 0.1) is 0 Å². The standard InChI is InChI=1S/C8H11F2N3O/c1-14-7-5(2-6(10)3-9)4-12-8(11)13-7/h4,6H,2-3H2,1H3,(H2,11,12,13). The third kappa shape index (κ3) is 2.51. The Kier molecular flexibility index (Phi) is 3.55. The molecule has 78 valence electrons. The molecule has 0 bridgehead atoms. The Morgan fingerprint density at radius 3 is 2.93 bits per heavy atom. The number of ether oxygens (including phenoxy) is 1. The second-order valence-corrected chi connectivity index (χ2v) is 2.72. The largest absolute Gasteiger partial charge is 0.481 e.